The Hall–Kier alpha value is -4.13. The fraction of sp³-hybridized carbons (Fsp3) is 0.517. The van der Waals surface area contributed by atoms with E-state index >= 15 is 0 Å². The van der Waals surface area contributed by atoms with Crippen molar-refractivity contribution in [1.29, 1.82) is 5.26 Å². The number of ether oxygens (including phenoxy) is 1. The Morgan fingerprint density at radius 2 is 2.00 bits per heavy atom. The molecule has 0 atom stereocenters. The quantitative estimate of drug-likeness (QED) is 0.274. The Bertz CT molecular complexity index is 1630. The van der Waals surface area contributed by atoms with Gasteiger partial charge < -0.3 is 14.8 Å². The number of aromatic amines is 1. The van der Waals surface area contributed by atoms with E-state index in [-0.39, 0.29) is 36.9 Å². The maximum Gasteiger partial charge on any atom is 0.451 e. The van der Waals surface area contributed by atoms with Crippen molar-refractivity contribution in [1.82, 2.24) is 44.5 Å². The van der Waals surface area contributed by atoms with E-state index in [1.54, 1.807) is 18.1 Å². The van der Waals surface area contributed by atoms with Gasteiger partial charge in [-0.15, -0.1) is 0 Å². The highest BCUT2D eigenvalue weighted by molar-refractivity contribution is 5.90. The predicted molar refractivity (Wildman–Crippen MR) is 152 cm³/mol. The predicted octanol–water partition coefficient (Wildman–Crippen LogP) is 3.37. The molecule has 5 heterocycles. The molecule has 44 heavy (non-hydrogen) atoms. The zero-order valence-electron chi connectivity index (χ0n) is 24.2. The van der Waals surface area contributed by atoms with Gasteiger partial charge in [0.15, 0.2) is 0 Å². The Morgan fingerprint density at radius 3 is 2.73 bits per heavy atom. The molecule has 12 nitrogen and oxygen atoms in total. The van der Waals surface area contributed by atoms with E-state index in [2.05, 4.69) is 41.0 Å². The van der Waals surface area contributed by atoms with Gasteiger partial charge >= 0.3 is 6.18 Å². The maximum absolute atomic E-state index is 13.5. The van der Waals surface area contributed by atoms with Crippen LogP contribution in [-0.2, 0) is 18.3 Å². The summed E-state index contributed by atoms with van der Waals surface area (Å²) in [6.45, 7) is 1.66. The van der Waals surface area contributed by atoms with Gasteiger partial charge in [-0.05, 0) is 38.8 Å². The number of nitrogens with one attached hydrogen (secondary N) is 1. The van der Waals surface area contributed by atoms with Crippen molar-refractivity contribution in [3.05, 3.63) is 48.6 Å². The second-order valence-corrected chi connectivity index (χ2v) is 11.6. The number of likely N-dealkylation sites (tertiary alicyclic amines) is 1. The van der Waals surface area contributed by atoms with Crippen LogP contribution in [0.3, 0.4) is 0 Å². The third-order valence-electron chi connectivity index (χ3n) is 8.47. The Labute approximate surface area is 251 Å². The Kier molecular flexibility index (Phi) is 8.23. The molecule has 0 spiro atoms. The van der Waals surface area contributed by atoms with E-state index < -0.39 is 17.5 Å². The number of nitrogens with zero attached hydrogens (tertiary/aromatic N) is 9. The lowest BCUT2D eigenvalue weighted by Gasteiger charge is -2.53. The highest BCUT2D eigenvalue weighted by Gasteiger charge is 2.48. The number of halogens is 3. The van der Waals surface area contributed by atoms with Crippen LogP contribution in [-0.4, -0.2) is 95.0 Å². The maximum atomic E-state index is 13.5. The normalized spacial score (nSPS) is 20.5. The van der Waals surface area contributed by atoms with E-state index in [4.69, 9.17) is 9.84 Å². The molecule has 4 aromatic rings. The Balaban J connectivity index is 1.08. The van der Waals surface area contributed by atoms with Crippen molar-refractivity contribution >= 4 is 11.0 Å². The molecule has 1 aliphatic carbocycles. The van der Waals surface area contributed by atoms with Crippen molar-refractivity contribution < 1.29 is 23.0 Å². The molecule has 1 saturated heterocycles. The van der Waals surface area contributed by atoms with Crippen molar-refractivity contribution in [2.45, 2.75) is 62.5 Å². The summed E-state index contributed by atoms with van der Waals surface area (Å²) in [6, 6.07) is 5.98. The van der Waals surface area contributed by atoms with E-state index in [1.807, 2.05) is 23.1 Å². The van der Waals surface area contributed by atoms with Gasteiger partial charge in [-0.2, -0.15) is 28.5 Å². The standard InChI is InChI=1S/C29H33F3N10O2/c1-40(10-11-43)15-20-12-24(39-27(38-20)29(30,31)32)44-22-4-2-21(3-5-22)41-16-28(17-41,7-8-33)42-14-19(13-37-42)25-23-6-9-34-26(23)36-18-35-25/h6,9,12-14,18,21-22,43H,2-5,7,10-11,15-17H2,1H3,(H,34,35,36). The van der Waals surface area contributed by atoms with Gasteiger partial charge in [0.2, 0.25) is 11.7 Å². The van der Waals surface area contributed by atoms with Gasteiger partial charge in [0.05, 0.1) is 36.7 Å². The van der Waals surface area contributed by atoms with Gasteiger partial charge in [0.25, 0.3) is 0 Å². The molecule has 0 radical (unpaired) electrons. The molecule has 0 amide bonds. The summed E-state index contributed by atoms with van der Waals surface area (Å²) >= 11 is 0. The first-order valence-electron chi connectivity index (χ1n) is 14.5. The van der Waals surface area contributed by atoms with E-state index in [9.17, 15) is 18.4 Å². The summed E-state index contributed by atoms with van der Waals surface area (Å²) in [5.74, 6) is -1.32. The summed E-state index contributed by atoms with van der Waals surface area (Å²) < 4.78 is 48.4. The van der Waals surface area contributed by atoms with Crippen LogP contribution in [0.2, 0.25) is 0 Å². The molecule has 15 heteroatoms. The lowest BCUT2D eigenvalue weighted by atomic mass is 9.82. The summed E-state index contributed by atoms with van der Waals surface area (Å²) in [6.07, 6.45) is 5.37. The molecule has 2 fully saturated rings. The van der Waals surface area contributed by atoms with Gasteiger partial charge in [-0.25, -0.2) is 15.0 Å². The second kappa shape index (κ2) is 12.1. The second-order valence-electron chi connectivity index (χ2n) is 11.6. The summed E-state index contributed by atoms with van der Waals surface area (Å²) in [5.41, 5.74) is 2.11. The molecule has 1 aliphatic heterocycles. The van der Waals surface area contributed by atoms with E-state index in [0.29, 0.717) is 38.9 Å². The minimum atomic E-state index is -4.70. The third kappa shape index (κ3) is 6.10. The van der Waals surface area contributed by atoms with Crippen LogP contribution in [0, 0.1) is 11.3 Å². The molecule has 0 aromatic carbocycles. The molecular formula is C29H33F3N10O2. The SMILES string of the molecule is CN(CCO)Cc1cc(OC2CCC(N3CC(CC#N)(n4cc(-c5ncnc6[nH]ccc56)cn4)C3)CC2)nc(C(F)(F)F)n1. The first-order chi connectivity index (χ1) is 21.2. The largest absolute Gasteiger partial charge is 0.474 e. The average Bonchev–Trinajstić information content (AvgIpc) is 3.65. The number of H-pyrrole nitrogens is 1. The number of nitriles is 1. The smallest absolute Gasteiger partial charge is 0.451 e. The number of aromatic nitrogens is 7. The number of fused-ring (bicyclic) bond motifs is 1. The molecule has 4 aromatic heterocycles. The molecule has 0 unspecified atom stereocenters. The fourth-order valence-corrected chi connectivity index (χ4v) is 6.23. The van der Waals surface area contributed by atoms with E-state index in [0.717, 1.165) is 35.1 Å². The van der Waals surface area contributed by atoms with Crippen molar-refractivity contribution in [3.63, 3.8) is 0 Å². The first-order valence-corrected chi connectivity index (χ1v) is 14.5. The highest BCUT2D eigenvalue weighted by Crippen LogP contribution is 2.39. The van der Waals surface area contributed by atoms with Gasteiger partial charge in [-0.3, -0.25) is 14.5 Å². The van der Waals surface area contributed by atoms with Crippen molar-refractivity contribution in [3.8, 4) is 23.2 Å². The minimum absolute atomic E-state index is 0.0877. The summed E-state index contributed by atoms with van der Waals surface area (Å²) in [4.78, 5) is 23.2. The number of aliphatic hydroxyl groups is 1. The van der Waals surface area contributed by atoms with Crippen LogP contribution >= 0.6 is 0 Å². The zero-order chi connectivity index (χ0) is 30.9. The number of likely N-dealkylation sites (N-methyl/N-ethyl adjacent to an activating group) is 1. The van der Waals surface area contributed by atoms with Crippen LogP contribution in [0.25, 0.3) is 22.3 Å². The monoisotopic (exact) mass is 610 g/mol. The first kappa shape index (κ1) is 29.9. The summed E-state index contributed by atoms with van der Waals surface area (Å²) in [5, 5.41) is 24.3. The van der Waals surface area contributed by atoms with E-state index in [1.165, 1.54) is 12.4 Å². The van der Waals surface area contributed by atoms with Crippen molar-refractivity contribution in [2.24, 2.45) is 0 Å². The molecule has 1 saturated carbocycles. The van der Waals surface area contributed by atoms with Crippen LogP contribution in [0.4, 0.5) is 13.2 Å². The van der Waals surface area contributed by atoms with Crippen molar-refractivity contribution in [2.75, 3.05) is 33.3 Å². The number of alkyl halides is 3. The summed E-state index contributed by atoms with van der Waals surface area (Å²) in [7, 11) is 1.69. The Morgan fingerprint density at radius 1 is 1.20 bits per heavy atom. The van der Waals surface area contributed by atoms with Gasteiger partial charge in [0, 0.05) is 61.6 Å². The zero-order valence-corrected chi connectivity index (χ0v) is 24.2. The number of rotatable bonds is 10. The number of hydrogen-bond donors (Lipinski definition) is 2. The molecular weight excluding hydrogens is 577 g/mol. The average molecular weight is 611 g/mol. The molecule has 2 aliphatic rings. The fourth-order valence-electron chi connectivity index (χ4n) is 6.23. The minimum Gasteiger partial charge on any atom is -0.474 e. The highest BCUT2D eigenvalue weighted by atomic mass is 19.4. The lowest BCUT2D eigenvalue weighted by molar-refractivity contribution is -0.145. The molecule has 6 rings (SSSR count). The molecule has 0 bridgehead atoms. The van der Waals surface area contributed by atoms with Crippen LogP contribution in [0.5, 0.6) is 5.88 Å². The topological polar surface area (TPSA) is 145 Å². The molecule has 232 valence electrons. The number of aliphatic hydroxyl groups excluding tert-OH is 1. The lowest BCUT2D eigenvalue weighted by Crippen LogP contribution is -2.65. The number of hydrogen-bond acceptors (Lipinski definition) is 10. The van der Waals surface area contributed by atoms with Gasteiger partial charge in [0.1, 0.15) is 23.6 Å². The third-order valence-corrected chi connectivity index (χ3v) is 8.47. The van der Waals surface area contributed by atoms with Crippen LogP contribution in [0.1, 0.15) is 43.6 Å². The van der Waals surface area contributed by atoms with Crippen LogP contribution in [0.15, 0.2) is 37.1 Å². The molecule has 2 N–H and O–H groups in total. The van der Waals surface area contributed by atoms with Gasteiger partial charge in [-0.1, -0.05) is 0 Å². The van der Waals surface area contributed by atoms with Crippen LogP contribution < -0.4 is 4.74 Å².